The highest BCUT2D eigenvalue weighted by atomic mass is 35.5. The number of imidazole rings is 1. The Balaban J connectivity index is 1.57. The molecule has 5 rings (SSSR count). The van der Waals surface area contributed by atoms with Crippen LogP contribution in [0.5, 0.6) is 0 Å². The molecule has 0 N–H and O–H groups in total. The van der Waals surface area contributed by atoms with Crippen LogP contribution >= 0.6 is 11.6 Å². The average Bonchev–Trinajstić information content (AvgIpc) is 3.22. The monoisotopic (exact) mass is 489 g/mol. The number of rotatable bonds is 5. The van der Waals surface area contributed by atoms with Crippen LogP contribution < -0.4 is 0 Å². The molecule has 2 aromatic heterocycles. The minimum atomic E-state index is -0.385. The van der Waals surface area contributed by atoms with E-state index < -0.39 is 0 Å². The van der Waals surface area contributed by atoms with Crippen molar-refractivity contribution in [3.63, 3.8) is 0 Å². The first-order chi connectivity index (χ1) is 16.9. The van der Waals surface area contributed by atoms with Gasteiger partial charge < -0.3 is 9.30 Å². The van der Waals surface area contributed by atoms with Gasteiger partial charge >= 0.3 is 0 Å². The minimum absolute atomic E-state index is 0.0543. The fraction of sp³-hybridized carbons (Fsp3) is 0.231. The zero-order valence-electron chi connectivity index (χ0n) is 19.2. The summed E-state index contributed by atoms with van der Waals surface area (Å²) in [6.07, 6.45) is 1.99. The minimum Gasteiger partial charge on any atom is -0.340 e. The van der Waals surface area contributed by atoms with E-state index in [1.807, 2.05) is 53.6 Å². The maximum Gasteiger partial charge on any atom is 0.270 e. The third kappa shape index (κ3) is 4.76. The van der Waals surface area contributed by atoms with Crippen molar-refractivity contribution in [1.29, 1.82) is 0 Å². The number of fused-ring (bicyclic) bond motifs is 1. The molecular formula is C26H24ClN5O3. The van der Waals surface area contributed by atoms with Gasteiger partial charge in [0, 0.05) is 68.6 Å². The number of non-ortho nitro benzene ring substituents is 1. The first-order valence-corrected chi connectivity index (χ1v) is 11.8. The first-order valence-electron chi connectivity index (χ1n) is 11.4. The van der Waals surface area contributed by atoms with E-state index in [0.29, 0.717) is 24.7 Å². The highest BCUT2D eigenvalue weighted by molar-refractivity contribution is 6.30. The van der Waals surface area contributed by atoms with Gasteiger partial charge in [0.05, 0.1) is 16.3 Å². The number of hydrogen-bond acceptors (Lipinski definition) is 5. The van der Waals surface area contributed by atoms with Crippen molar-refractivity contribution in [3.8, 4) is 22.4 Å². The number of nitro groups is 1. The quantitative estimate of drug-likeness (QED) is 0.294. The van der Waals surface area contributed by atoms with E-state index >= 15 is 0 Å². The van der Waals surface area contributed by atoms with Gasteiger partial charge in [0.15, 0.2) is 0 Å². The number of hydrogen-bond donors (Lipinski definition) is 0. The summed E-state index contributed by atoms with van der Waals surface area (Å²) in [5.74, 6) is 0.0999. The smallest absolute Gasteiger partial charge is 0.270 e. The predicted molar refractivity (Wildman–Crippen MR) is 135 cm³/mol. The Labute approximate surface area is 207 Å². The maximum atomic E-state index is 11.7. The summed E-state index contributed by atoms with van der Waals surface area (Å²) >= 11 is 6.12. The number of piperazine rings is 1. The molecule has 0 unspecified atom stereocenters. The second-order valence-electron chi connectivity index (χ2n) is 8.65. The molecular weight excluding hydrogens is 466 g/mol. The van der Waals surface area contributed by atoms with Crippen molar-refractivity contribution in [2.45, 2.75) is 13.5 Å². The van der Waals surface area contributed by atoms with Crippen molar-refractivity contribution >= 4 is 28.8 Å². The van der Waals surface area contributed by atoms with Crippen molar-refractivity contribution in [3.05, 3.63) is 87.7 Å². The van der Waals surface area contributed by atoms with E-state index in [1.165, 1.54) is 6.07 Å². The predicted octanol–water partition coefficient (Wildman–Crippen LogP) is 4.89. The Bertz CT molecular complexity index is 1410. The Morgan fingerprint density at radius 2 is 1.71 bits per heavy atom. The lowest BCUT2D eigenvalue weighted by Crippen LogP contribution is -2.47. The molecule has 1 aliphatic rings. The SMILES string of the molecule is CC(=O)N1CCN(Cc2c(-c3ccc(Cl)cc3)nc3ccc(-c4cccc([N+](=O)[O-])c4)cn23)CC1. The number of nitrogens with zero attached hydrogens (tertiary/aromatic N) is 5. The fourth-order valence-electron chi connectivity index (χ4n) is 4.49. The molecule has 2 aromatic carbocycles. The number of halogens is 1. The number of pyridine rings is 1. The molecule has 0 radical (unpaired) electrons. The van der Waals surface area contributed by atoms with Gasteiger partial charge in [0.2, 0.25) is 5.91 Å². The van der Waals surface area contributed by atoms with Crippen molar-refractivity contribution in [2.24, 2.45) is 0 Å². The largest absolute Gasteiger partial charge is 0.340 e. The standard InChI is InChI=1S/C26H24ClN5O3/c1-18(33)30-13-11-29(12-14-30)17-24-26(19-5-8-22(27)9-6-19)28-25-10-7-21(16-31(24)25)20-3-2-4-23(15-20)32(34)35/h2-10,15-16H,11-14,17H2,1H3. The molecule has 0 aliphatic carbocycles. The van der Waals surface area contributed by atoms with Gasteiger partial charge in [-0.3, -0.25) is 19.8 Å². The molecule has 9 heteroatoms. The van der Waals surface area contributed by atoms with Crippen LogP contribution in [0.25, 0.3) is 28.0 Å². The van der Waals surface area contributed by atoms with E-state index in [2.05, 4.69) is 9.30 Å². The molecule has 4 aromatic rings. The van der Waals surface area contributed by atoms with Gasteiger partial charge in [-0.2, -0.15) is 0 Å². The Kier molecular flexibility index (Phi) is 6.23. The number of amides is 1. The van der Waals surface area contributed by atoms with Crippen LogP contribution in [0, 0.1) is 10.1 Å². The average molecular weight is 490 g/mol. The number of benzene rings is 2. The normalized spacial score (nSPS) is 14.4. The molecule has 3 heterocycles. The van der Waals surface area contributed by atoms with Crippen molar-refractivity contribution in [1.82, 2.24) is 19.2 Å². The molecule has 1 fully saturated rings. The molecule has 1 amide bonds. The van der Waals surface area contributed by atoms with Gasteiger partial charge in [-0.15, -0.1) is 0 Å². The molecule has 0 atom stereocenters. The second kappa shape index (κ2) is 9.48. The molecule has 1 aliphatic heterocycles. The summed E-state index contributed by atoms with van der Waals surface area (Å²) in [6, 6.07) is 18.1. The van der Waals surface area contributed by atoms with Gasteiger partial charge in [-0.1, -0.05) is 35.9 Å². The van der Waals surface area contributed by atoms with Crippen LogP contribution in [-0.2, 0) is 11.3 Å². The van der Waals surface area contributed by atoms with Crippen molar-refractivity contribution < 1.29 is 9.72 Å². The lowest BCUT2D eigenvalue weighted by molar-refractivity contribution is -0.384. The highest BCUT2D eigenvalue weighted by Crippen LogP contribution is 2.30. The molecule has 178 valence electrons. The lowest BCUT2D eigenvalue weighted by Gasteiger charge is -2.34. The van der Waals surface area contributed by atoms with Gasteiger partial charge in [0.1, 0.15) is 5.65 Å². The van der Waals surface area contributed by atoms with Crippen LogP contribution in [0.15, 0.2) is 66.9 Å². The number of carbonyl (C=O) groups excluding carboxylic acids is 1. The first kappa shape index (κ1) is 23.0. The summed E-state index contributed by atoms with van der Waals surface area (Å²) < 4.78 is 2.06. The van der Waals surface area contributed by atoms with E-state index in [-0.39, 0.29) is 16.5 Å². The van der Waals surface area contributed by atoms with Gasteiger partial charge in [-0.25, -0.2) is 4.98 Å². The zero-order valence-corrected chi connectivity index (χ0v) is 20.0. The maximum absolute atomic E-state index is 11.7. The van der Waals surface area contributed by atoms with Crippen LogP contribution in [0.3, 0.4) is 0 Å². The molecule has 0 spiro atoms. The molecule has 0 bridgehead atoms. The molecule has 35 heavy (non-hydrogen) atoms. The summed E-state index contributed by atoms with van der Waals surface area (Å²) in [5, 5.41) is 11.9. The second-order valence-corrected chi connectivity index (χ2v) is 9.09. The van der Waals surface area contributed by atoms with E-state index in [1.54, 1.807) is 19.1 Å². The topological polar surface area (TPSA) is 84.0 Å². The lowest BCUT2D eigenvalue weighted by atomic mass is 10.1. The van der Waals surface area contributed by atoms with Crippen molar-refractivity contribution in [2.75, 3.05) is 26.2 Å². The summed E-state index contributed by atoms with van der Waals surface area (Å²) in [4.78, 5) is 31.7. The van der Waals surface area contributed by atoms with E-state index in [4.69, 9.17) is 16.6 Å². The van der Waals surface area contributed by atoms with E-state index in [9.17, 15) is 14.9 Å². The third-order valence-corrected chi connectivity index (χ3v) is 6.67. The zero-order chi connectivity index (χ0) is 24.5. The van der Waals surface area contributed by atoms with Crippen LogP contribution in [0.1, 0.15) is 12.6 Å². The Morgan fingerprint density at radius 1 is 1.00 bits per heavy atom. The summed E-state index contributed by atoms with van der Waals surface area (Å²) in [7, 11) is 0. The third-order valence-electron chi connectivity index (χ3n) is 6.42. The molecule has 8 nitrogen and oxygen atoms in total. The summed E-state index contributed by atoms with van der Waals surface area (Å²) in [5.41, 5.74) is 5.33. The highest BCUT2D eigenvalue weighted by Gasteiger charge is 2.22. The van der Waals surface area contributed by atoms with Gasteiger partial charge in [-0.05, 0) is 35.4 Å². The molecule has 1 saturated heterocycles. The van der Waals surface area contributed by atoms with Crippen LogP contribution in [0.2, 0.25) is 5.02 Å². The van der Waals surface area contributed by atoms with E-state index in [0.717, 1.165) is 46.8 Å². The van der Waals surface area contributed by atoms with Gasteiger partial charge in [0.25, 0.3) is 5.69 Å². The molecule has 0 saturated carbocycles. The van der Waals surface area contributed by atoms with Crippen LogP contribution in [-0.4, -0.2) is 56.2 Å². The summed E-state index contributed by atoms with van der Waals surface area (Å²) in [6.45, 7) is 5.20. The Morgan fingerprint density at radius 3 is 2.40 bits per heavy atom. The fourth-order valence-corrected chi connectivity index (χ4v) is 4.61. The number of nitro benzene ring substituents is 1. The number of aromatic nitrogens is 2. The number of carbonyl (C=O) groups is 1. The Hall–Kier alpha value is -3.75. The van der Waals surface area contributed by atoms with Crippen LogP contribution in [0.4, 0.5) is 5.69 Å².